The van der Waals surface area contributed by atoms with Crippen molar-refractivity contribution in [1.29, 1.82) is 0 Å². The normalized spacial score (nSPS) is 14.3. The number of carbonyl (C=O) groups is 1. The van der Waals surface area contributed by atoms with Gasteiger partial charge in [0, 0.05) is 12.1 Å². The fourth-order valence-electron chi connectivity index (χ4n) is 1.93. The molecule has 0 bridgehead atoms. The molecule has 1 aromatic rings. The Bertz CT molecular complexity index is 424. The first kappa shape index (κ1) is 14.3. The van der Waals surface area contributed by atoms with Gasteiger partial charge in [-0.05, 0) is 38.5 Å². The van der Waals surface area contributed by atoms with E-state index in [1.165, 1.54) is 25.3 Å². The van der Waals surface area contributed by atoms with Crippen molar-refractivity contribution in [3.63, 3.8) is 0 Å². The number of rotatable bonds is 4. The minimum atomic E-state index is -1.13. The fourth-order valence-corrected chi connectivity index (χ4v) is 1.93. The van der Waals surface area contributed by atoms with Crippen LogP contribution in [0.4, 0.5) is 0 Å². The van der Waals surface area contributed by atoms with E-state index in [1.807, 2.05) is 13.8 Å². The fraction of sp³-hybridized carbons (Fsp3) is 0.462. The van der Waals surface area contributed by atoms with Gasteiger partial charge in [-0.1, -0.05) is 0 Å². The van der Waals surface area contributed by atoms with Gasteiger partial charge >= 0.3 is 5.97 Å². The van der Waals surface area contributed by atoms with E-state index in [4.69, 9.17) is 4.74 Å². The predicted octanol–water partition coefficient (Wildman–Crippen LogP) is 1.48. The number of phenolic OH excluding ortho intramolecular Hbond substituents is 2. The zero-order valence-corrected chi connectivity index (χ0v) is 11.0. The van der Waals surface area contributed by atoms with Crippen LogP contribution in [0.5, 0.6) is 11.5 Å². The van der Waals surface area contributed by atoms with Crippen molar-refractivity contribution in [1.82, 2.24) is 5.32 Å². The number of esters is 1. The number of phenols is 2. The summed E-state index contributed by atoms with van der Waals surface area (Å²) >= 11 is 0. The Kier molecular flexibility index (Phi) is 4.19. The molecule has 18 heavy (non-hydrogen) atoms. The molecule has 0 radical (unpaired) electrons. The molecule has 0 saturated carbocycles. The van der Waals surface area contributed by atoms with Gasteiger partial charge in [-0.3, -0.25) is 5.32 Å². The topological polar surface area (TPSA) is 78.8 Å². The summed E-state index contributed by atoms with van der Waals surface area (Å²) in [5.41, 5.74) is -0.681. The lowest BCUT2D eigenvalue weighted by Crippen LogP contribution is -2.50. The number of nitrogens with one attached hydrogen (secondary N) is 1. The second kappa shape index (κ2) is 5.27. The third-order valence-electron chi connectivity index (χ3n) is 2.65. The quantitative estimate of drug-likeness (QED) is 0.708. The molecule has 0 fully saturated rings. The van der Waals surface area contributed by atoms with Gasteiger partial charge in [0.2, 0.25) is 0 Å². The minimum Gasteiger partial charge on any atom is -0.508 e. The lowest BCUT2D eigenvalue weighted by Gasteiger charge is -2.30. The highest BCUT2D eigenvalue weighted by atomic mass is 16.5. The molecule has 0 aromatic heterocycles. The average molecular weight is 253 g/mol. The SMILES string of the molecule is COC(=O)C(C)(NC(C)C)c1cc(O)cc(O)c1. The van der Waals surface area contributed by atoms with E-state index in [2.05, 4.69) is 5.32 Å². The van der Waals surface area contributed by atoms with E-state index in [0.29, 0.717) is 5.56 Å². The summed E-state index contributed by atoms with van der Waals surface area (Å²) < 4.78 is 4.79. The maximum Gasteiger partial charge on any atom is 0.330 e. The number of methoxy groups -OCH3 is 1. The minimum absolute atomic E-state index is 0.0265. The average Bonchev–Trinajstić information content (AvgIpc) is 2.25. The molecule has 1 aromatic carbocycles. The van der Waals surface area contributed by atoms with Crippen LogP contribution in [-0.4, -0.2) is 29.3 Å². The Labute approximate surface area is 106 Å². The molecule has 100 valence electrons. The van der Waals surface area contributed by atoms with E-state index in [-0.39, 0.29) is 17.5 Å². The summed E-state index contributed by atoms with van der Waals surface area (Å²) in [4.78, 5) is 11.9. The van der Waals surface area contributed by atoms with Crippen molar-refractivity contribution in [2.24, 2.45) is 0 Å². The zero-order chi connectivity index (χ0) is 13.9. The number of hydrogen-bond acceptors (Lipinski definition) is 5. The zero-order valence-electron chi connectivity index (χ0n) is 11.0. The van der Waals surface area contributed by atoms with E-state index in [1.54, 1.807) is 6.92 Å². The van der Waals surface area contributed by atoms with E-state index < -0.39 is 11.5 Å². The van der Waals surface area contributed by atoms with E-state index in [9.17, 15) is 15.0 Å². The lowest BCUT2D eigenvalue weighted by atomic mass is 9.90. The van der Waals surface area contributed by atoms with Crippen molar-refractivity contribution in [2.75, 3.05) is 7.11 Å². The van der Waals surface area contributed by atoms with Crippen LogP contribution < -0.4 is 5.32 Å². The first-order chi connectivity index (χ1) is 8.29. The molecule has 0 heterocycles. The van der Waals surface area contributed by atoms with Crippen LogP contribution in [0.25, 0.3) is 0 Å². The van der Waals surface area contributed by atoms with Gasteiger partial charge in [0.15, 0.2) is 0 Å². The van der Waals surface area contributed by atoms with Crippen LogP contribution in [0, 0.1) is 0 Å². The van der Waals surface area contributed by atoms with Gasteiger partial charge in [-0.15, -0.1) is 0 Å². The molecule has 3 N–H and O–H groups in total. The standard InChI is InChI=1S/C13H19NO4/c1-8(2)14-13(3,12(17)18-4)9-5-10(15)7-11(16)6-9/h5-8,14-16H,1-4H3. The van der Waals surface area contributed by atoms with Crippen molar-refractivity contribution < 1.29 is 19.7 Å². The van der Waals surface area contributed by atoms with Crippen LogP contribution in [0.2, 0.25) is 0 Å². The van der Waals surface area contributed by atoms with Gasteiger partial charge in [-0.2, -0.15) is 0 Å². The first-order valence-corrected chi connectivity index (χ1v) is 5.69. The van der Waals surface area contributed by atoms with Crippen LogP contribution in [0.1, 0.15) is 26.3 Å². The van der Waals surface area contributed by atoms with Gasteiger partial charge in [0.05, 0.1) is 7.11 Å². The Morgan fingerprint density at radius 1 is 1.28 bits per heavy atom. The maximum absolute atomic E-state index is 11.9. The lowest BCUT2D eigenvalue weighted by molar-refractivity contribution is -0.148. The molecule has 0 aliphatic rings. The Morgan fingerprint density at radius 2 is 1.78 bits per heavy atom. The van der Waals surface area contributed by atoms with Crippen LogP contribution in [0.3, 0.4) is 0 Å². The van der Waals surface area contributed by atoms with Crippen molar-refractivity contribution in [2.45, 2.75) is 32.4 Å². The Hall–Kier alpha value is -1.75. The van der Waals surface area contributed by atoms with Crippen molar-refractivity contribution >= 4 is 5.97 Å². The molecule has 1 atom stereocenters. The monoisotopic (exact) mass is 253 g/mol. The summed E-state index contributed by atoms with van der Waals surface area (Å²) in [5, 5.41) is 22.1. The number of aromatic hydroxyl groups is 2. The van der Waals surface area contributed by atoms with E-state index >= 15 is 0 Å². The Morgan fingerprint density at radius 3 is 2.17 bits per heavy atom. The molecular formula is C13H19NO4. The largest absolute Gasteiger partial charge is 0.508 e. The molecule has 0 saturated heterocycles. The summed E-state index contributed by atoms with van der Waals surface area (Å²) in [7, 11) is 1.30. The van der Waals surface area contributed by atoms with E-state index in [0.717, 1.165) is 0 Å². The predicted molar refractivity (Wildman–Crippen MR) is 67.4 cm³/mol. The van der Waals surface area contributed by atoms with Crippen LogP contribution in [0.15, 0.2) is 18.2 Å². The first-order valence-electron chi connectivity index (χ1n) is 5.69. The third kappa shape index (κ3) is 2.92. The number of carbonyl (C=O) groups excluding carboxylic acids is 1. The maximum atomic E-state index is 11.9. The summed E-state index contributed by atoms with van der Waals surface area (Å²) in [6.07, 6.45) is 0. The molecule has 0 aliphatic carbocycles. The van der Waals surface area contributed by atoms with Crippen molar-refractivity contribution in [3.8, 4) is 11.5 Å². The van der Waals surface area contributed by atoms with Gasteiger partial charge in [-0.25, -0.2) is 4.79 Å². The second-order valence-corrected chi connectivity index (χ2v) is 4.65. The summed E-state index contributed by atoms with van der Waals surface area (Å²) in [6.45, 7) is 5.43. The third-order valence-corrected chi connectivity index (χ3v) is 2.65. The molecule has 1 unspecified atom stereocenters. The van der Waals surface area contributed by atoms with Crippen molar-refractivity contribution in [3.05, 3.63) is 23.8 Å². The van der Waals surface area contributed by atoms with Gasteiger partial charge in [0.1, 0.15) is 17.0 Å². The number of benzene rings is 1. The smallest absolute Gasteiger partial charge is 0.330 e. The number of ether oxygens (including phenoxy) is 1. The molecule has 5 nitrogen and oxygen atoms in total. The summed E-state index contributed by atoms with van der Waals surface area (Å²) in [5.74, 6) is -0.697. The highest BCUT2D eigenvalue weighted by Crippen LogP contribution is 2.30. The summed E-state index contributed by atoms with van der Waals surface area (Å²) in [6, 6.07) is 4.08. The number of hydrogen-bond donors (Lipinski definition) is 3. The molecule has 0 spiro atoms. The highest BCUT2D eigenvalue weighted by Gasteiger charge is 2.37. The molecular weight excluding hydrogens is 234 g/mol. The highest BCUT2D eigenvalue weighted by molar-refractivity contribution is 5.82. The van der Waals surface area contributed by atoms with Crippen LogP contribution in [-0.2, 0) is 15.1 Å². The molecule has 0 aliphatic heterocycles. The Balaban J connectivity index is 3.29. The van der Waals surface area contributed by atoms with Gasteiger partial charge in [0.25, 0.3) is 0 Å². The molecule has 1 rings (SSSR count). The molecule has 0 amide bonds. The van der Waals surface area contributed by atoms with Gasteiger partial charge < -0.3 is 14.9 Å². The van der Waals surface area contributed by atoms with Crippen LogP contribution >= 0.6 is 0 Å². The molecule has 5 heteroatoms. The second-order valence-electron chi connectivity index (χ2n) is 4.65.